The fourth-order valence-electron chi connectivity index (χ4n) is 3.24. The molecule has 158 valence electrons. The standard InChI is InChI=1S/C24H30N4O2/c1-6-17(3)28-14-13-21(27-28)20-9-8-10-22(26-20)24(4,5)18-11-12-19(25-16-18)15-23(29)30-7-2/h8-14,16-17H,6-7,15H2,1-5H3. The van der Waals surface area contributed by atoms with Gasteiger partial charge in [-0.3, -0.25) is 19.4 Å². The van der Waals surface area contributed by atoms with Crippen molar-refractivity contribution in [3.8, 4) is 11.4 Å². The minimum Gasteiger partial charge on any atom is -0.466 e. The second-order valence-electron chi connectivity index (χ2n) is 7.99. The lowest BCUT2D eigenvalue weighted by atomic mass is 9.82. The topological polar surface area (TPSA) is 69.9 Å². The van der Waals surface area contributed by atoms with E-state index in [2.05, 4.69) is 32.7 Å². The van der Waals surface area contributed by atoms with Crippen LogP contribution in [0.4, 0.5) is 0 Å². The fourth-order valence-corrected chi connectivity index (χ4v) is 3.24. The molecule has 0 spiro atoms. The largest absolute Gasteiger partial charge is 0.466 e. The van der Waals surface area contributed by atoms with E-state index < -0.39 is 0 Å². The van der Waals surface area contributed by atoms with E-state index in [0.717, 1.165) is 29.1 Å². The maximum absolute atomic E-state index is 11.7. The second-order valence-corrected chi connectivity index (χ2v) is 7.99. The molecule has 3 heterocycles. The first-order chi connectivity index (χ1) is 14.3. The highest BCUT2D eigenvalue weighted by molar-refractivity contribution is 5.71. The van der Waals surface area contributed by atoms with E-state index in [0.29, 0.717) is 18.3 Å². The summed E-state index contributed by atoms with van der Waals surface area (Å²) < 4.78 is 6.98. The molecular formula is C24H30N4O2. The Kier molecular flexibility index (Phi) is 6.65. The van der Waals surface area contributed by atoms with Gasteiger partial charge in [-0.15, -0.1) is 0 Å². The smallest absolute Gasteiger partial charge is 0.311 e. The van der Waals surface area contributed by atoms with Crippen LogP contribution in [0, 0.1) is 0 Å². The van der Waals surface area contributed by atoms with Crippen LogP contribution in [0.25, 0.3) is 11.4 Å². The molecule has 30 heavy (non-hydrogen) atoms. The van der Waals surface area contributed by atoms with Crippen molar-refractivity contribution < 1.29 is 9.53 Å². The van der Waals surface area contributed by atoms with Gasteiger partial charge < -0.3 is 4.74 Å². The summed E-state index contributed by atoms with van der Waals surface area (Å²) in [5.74, 6) is -0.261. The van der Waals surface area contributed by atoms with Crippen LogP contribution in [-0.4, -0.2) is 32.3 Å². The first-order valence-electron chi connectivity index (χ1n) is 10.5. The third-order valence-corrected chi connectivity index (χ3v) is 5.48. The highest BCUT2D eigenvalue weighted by atomic mass is 16.5. The zero-order valence-electron chi connectivity index (χ0n) is 18.4. The van der Waals surface area contributed by atoms with Crippen LogP contribution in [0.15, 0.2) is 48.8 Å². The lowest BCUT2D eigenvalue weighted by Crippen LogP contribution is -2.21. The van der Waals surface area contributed by atoms with Gasteiger partial charge in [0.05, 0.1) is 30.1 Å². The normalized spacial score (nSPS) is 12.6. The minimum absolute atomic E-state index is 0.182. The van der Waals surface area contributed by atoms with Crippen LogP contribution < -0.4 is 0 Å². The van der Waals surface area contributed by atoms with Gasteiger partial charge in [-0.05, 0) is 50.1 Å². The Labute approximate surface area is 178 Å². The highest BCUT2D eigenvalue weighted by Crippen LogP contribution is 2.31. The monoisotopic (exact) mass is 406 g/mol. The summed E-state index contributed by atoms with van der Waals surface area (Å²) in [6.07, 6.45) is 5.04. The van der Waals surface area contributed by atoms with Crippen LogP contribution >= 0.6 is 0 Å². The predicted octanol–water partition coefficient (Wildman–Crippen LogP) is 4.74. The van der Waals surface area contributed by atoms with E-state index in [9.17, 15) is 4.79 Å². The van der Waals surface area contributed by atoms with Gasteiger partial charge in [0, 0.05) is 23.9 Å². The molecule has 6 nitrogen and oxygen atoms in total. The summed E-state index contributed by atoms with van der Waals surface area (Å²) in [4.78, 5) is 21.0. The van der Waals surface area contributed by atoms with Crippen molar-refractivity contribution in [3.05, 3.63) is 65.7 Å². The van der Waals surface area contributed by atoms with Crippen molar-refractivity contribution >= 4 is 5.97 Å². The Morgan fingerprint density at radius 1 is 1.13 bits per heavy atom. The number of rotatable bonds is 8. The maximum atomic E-state index is 11.7. The number of carbonyl (C=O) groups excluding carboxylic acids is 1. The van der Waals surface area contributed by atoms with Gasteiger partial charge in [-0.2, -0.15) is 5.10 Å². The molecule has 0 radical (unpaired) electrons. The summed E-state index contributed by atoms with van der Waals surface area (Å²) in [5, 5.41) is 4.70. The molecule has 1 atom stereocenters. The molecule has 0 bridgehead atoms. The molecule has 0 N–H and O–H groups in total. The van der Waals surface area contributed by atoms with Gasteiger partial charge >= 0.3 is 5.97 Å². The van der Waals surface area contributed by atoms with E-state index in [4.69, 9.17) is 14.8 Å². The van der Waals surface area contributed by atoms with Crippen molar-refractivity contribution in [1.82, 2.24) is 19.7 Å². The maximum Gasteiger partial charge on any atom is 0.311 e. The number of aromatic nitrogens is 4. The number of hydrogen-bond donors (Lipinski definition) is 0. The molecule has 0 amide bonds. The Morgan fingerprint density at radius 3 is 2.60 bits per heavy atom. The van der Waals surface area contributed by atoms with Crippen molar-refractivity contribution in [2.24, 2.45) is 0 Å². The third-order valence-electron chi connectivity index (χ3n) is 5.48. The Bertz CT molecular complexity index is 992. The lowest BCUT2D eigenvalue weighted by molar-refractivity contribution is -0.142. The van der Waals surface area contributed by atoms with E-state index in [1.807, 2.05) is 53.5 Å². The number of pyridine rings is 2. The van der Waals surface area contributed by atoms with E-state index >= 15 is 0 Å². The molecule has 3 aromatic heterocycles. The van der Waals surface area contributed by atoms with Crippen LogP contribution in [0.5, 0.6) is 0 Å². The molecule has 0 aromatic carbocycles. The number of hydrogen-bond acceptors (Lipinski definition) is 5. The van der Waals surface area contributed by atoms with E-state index in [1.54, 1.807) is 6.92 Å². The first kappa shape index (κ1) is 21.7. The average Bonchev–Trinajstić information content (AvgIpc) is 3.24. The highest BCUT2D eigenvalue weighted by Gasteiger charge is 2.26. The van der Waals surface area contributed by atoms with Gasteiger partial charge in [0.25, 0.3) is 0 Å². The van der Waals surface area contributed by atoms with Gasteiger partial charge in [0.1, 0.15) is 5.69 Å². The number of esters is 1. The van der Waals surface area contributed by atoms with Crippen molar-refractivity contribution in [2.75, 3.05) is 6.61 Å². The lowest BCUT2D eigenvalue weighted by Gasteiger charge is -2.25. The Morgan fingerprint density at radius 2 is 1.93 bits per heavy atom. The molecular weight excluding hydrogens is 376 g/mol. The molecule has 0 aliphatic heterocycles. The summed E-state index contributed by atoms with van der Waals surface area (Å²) in [7, 11) is 0. The number of carbonyl (C=O) groups is 1. The summed E-state index contributed by atoms with van der Waals surface area (Å²) in [5.41, 5.74) is 4.06. The number of nitrogens with zero attached hydrogens (tertiary/aromatic N) is 4. The summed E-state index contributed by atoms with van der Waals surface area (Å²) in [6.45, 7) is 10.7. The van der Waals surface area contributed by atoms with Crippen molar-refractivity contribution in [2.45, 2.75) is 58.9 Å². The van der Waals surface area contributed by atoms with E-state index in [-0.39, 0.29) is 17.8 Å². The van der Waals surface area contributed by atoms with Crippen molar-refractivity contribution in [1.29, 1.82) is 0 Å². The molecule has 0 saturated heterocycles. The average molecular weight is 407 g/mol. The molecule has 1 unspecified atom stereocenters. The van der Waals surface area contributed by atoms with Gasteiger partial charge in [0.2, 0.25) is 0 Å². The Hall–Kier alpha value is -3.02. The predicted molar refractivity (Wildman–Crippen MR) is 117 cm³/mol. The van der Waals surface area contributed by atoms with E-state index in [1.165, 1.54) is 0 Å². The Balaban J connectivity index is 1.83. The fraction of sp³-hybridized carbons (Fsp3) is 0.417. The second kappa shape index (κ2) is 9.20. The third kappa shape index (κ3) is 4.75. The molecule has 0 aliphatic carbocycles. The summed E-state index contributed by atoms with van der Waals surface area (Å²) in [6, 6.07) is 12.3. The van der Waals surface area contributed by atoms with Gasteiger partial charge in [-0.25, -0.2) is 0 Å². The van der Waals surface area contributed by atoms with Gasteiger partial charge in [0.15, 0.2) is 0 Å². The SMILES string of the molecule is CCOC(=O)Cc1ccc(C(C)(C)c2cccc(-c3ccn(C(C)CC)n3)n2)cn1. The molecule has 6 heteroatoms. The van der Waals surface area contributed by atoms with Crippen LogP contribution in [0.1, 0.15) is 64.0 Å². The molecule has 3 rings (SSSR count). The quantitative estimate of drug-likeness (QED) is 0.505. The molecule has 0 fully saturated rings. The molecule has 0 aliphatic rings. The van der Waals surface area contributed by atoms with Crippen LogP contribution in [0.3, 0.4) is 0 Å². The zero-order chi connectivity index (χ0) is 21.7. The van der Waals surface area contributed by atoms with Crippen LogP contribution in [0.2, 0.25) is 0 Å². The molecule has 3 aromatic rings. The number of ether oxygens (including phenoxy) is 1. The minimum atomic E-state index is -0.343. The van der Waals surface area contributed by atoms with Gasteiger partial charge in [-0.1, -0.05) is 32.9 Å². The first-order valence-corrected chi connectivity index (χ1v) is 10.5. The zero-order valence-corrected chi connectivity index (χ0v) is 18.4. The van der Waals surface area contributed by atoms with Crippen LogP contribution in [-0.2, 0) is 21.4 Å². The van der Waals surface area contributed by atoms with Crippen molar-refractivity contribution in [3.63, 3.8) is 0 Å². The molecule has 0 saturated carbocycles. The summed E-state index contributed by atoms with van der Waals surface area (Å²) >= 11 is 0.